The highest BCUT2D eigenvalue weighted by atomic mass is 16.5. The molecule has 0 spiro atoms. The van der Waals surface area contributed by atoms with Gasteiger partial charge in [0.25, 0.3) is 5.91 Å². The standard InChI is InChI=1S/C25H23N3O3/c29-25(18-31-21-9-5-2-6-10-21)28(16-19-7-3-1-4-8-19)20-11-12-23-22(15-20)26-24-17-30-14-13-27(23)24/h1-12,15H,13-14,16-18H2. The van der Waals surface area contributed by atoms with E-state index in [0.717, 1.165) is 34.7 Å². The Labute approximate surface area is 180 Å². The summed E-state index contributed by atoms with van der Waals surface area (Å²) < 4.78 is 13.4. The van der Waals surface area contributed by atoms with Crippen LogP contribution in [0.25, 0.3) is 11.0 Å². The minimum Gasteiger partial charge on any atom is -0.484 e. The number of fused-ring (bicyclic) bond motifs is 3. The van der Waals surface area contributed by atoms with Crippen LogP contribution in [0.4, 0.5) is 5.69 Å². The van der Waals surface area contributed by atoms with Crippen molar-refractivity contribution in [3.8, 4) is 5.75 Å². The third-order valence-electron chi connectivity index (χ3n) is 5.40. The molecular weight excluding hydrogens is 390 g/mol. The number of benzene rings is 3. The summed E-state index contributed by atoms with van der Waals surface area (Å²) in [5, 5.41) is 0. The Hall–Kier alpha value is -3.64. The maximum Gasteiger partial charge on any atom is 0.265 e. The number of para-hydroxylation sites is 1. The highest BCUT2D eigenvalue weighted by Crippen LogP contribution is 2.26. The van der Waals surface area contributed by atoms with E-state index in [4.69, 9.17) is 14.5 Å². The SMILES string of the molecule is O=C(COc1ccccc1)N(Cc1ccccc1)c1ccc2c(c1)nc1n2CCOC1. The fourth-order valence-electron chi connectivity index (χ4n) is 3.84. The molecule has 2 heterocycles. The van der Waals surface area contributed by atoms with E-state index >= 15 is 0 Å². The van der Waals surface area contributed by atoms with Crippen molar-refractivity contribution in [2.45, 2.75) is 19.7 Å². The third kappa shape index (κ3) is 4.15. The molecule has 31 heavy (non-hydrogen) atoms. The van der Waals surface area contributed by atoms with Crippen LogP contribution < -0.4 is 9.64 Å². The van der Waals surface area contributed by atoms with E-state index in [9.17, 15) is 4.79 Å². The average Bonchev–Trinajstić information content (AvgIpc) is 3.20. The van der Waals surface area contributed by atoms with E-state index in [-0.39, 0.29) is 12.5 Å². The molecule has 0 fully saturated rings. The lowest BCUT2D eigenvalue weighted by Gasteiger charge is -2.23. The van der Waals surface area contributed by atoms with Crippen LogP contribution in [0.5, 0.6) is 5.75 Å². The van der Waals surface area contributed by atoms with Crippen molar-refractivity contribution in [3.05, 3.63) is 90.3 Å². The second kappa shape index (κ2) is 8.62. The molecule has 5 rings (SSSR count). The molecular formula is C25H23N3O3. The van der Waals surface area contributed by atoms with Crippen LogP contribution in [-0.2, 0) is 29.2 Å². The summed E-state index contributed by atoms with van der Waals surface area (Å²) in [6.07, 6.45) is 0. The second-order valence-electron chi connectivity index (χ2n) is 7.47. The fourth-order valence-corrected chi connectivity index (χ4v) is 3.84. The third-order valence-corrected chi connectivity index (χ3v) is 5.40. The van der Waals surface area contributed by atoms with Gasteiger partial charge in [0.15, 0.2) is 6.61 Å². The molecule has 156 valence electrons. The first-order valence-electron chi connectivity index (χ1n) is 10.4. The Balaban J connectivity index is 1.45. The van der Waals surface area contributed by atoms with Gasteiger partial charge in [-0.25, -0.2) is 4.98 Å². The van der Waals surface area contributed by atoms with E-state index in [1.54, 1.807) is 4.90 Å². The Bertz CT molecular complexity index is 1190. The smallest absolute Gasteiger partial charge is 0.265 e. The molecule has 1 aromatic heterocycles. The van der Waals surface area contributed by atoms with Crippen molar-refractivity contribution < 1.29 is 14.3 Å². The van der Waals surface area contributed by atoms with Crippen molar-refractivity contribution in [2.75, 3.05) is 18.1 Å². The number of hydrogen-bond acceptors (Lipinski definition) is 4. The Morgan fingerprint density at radius 2 is 1.81 bits per heavy atom. The van der Waals surface area contributed by atoms with Crippen LogP contribution in [0.1, 0.15) is 11.4 Å². The average molecular weight is 413 g/mol. The number of ether oxygens (including phenoxy) is 2. The molecule has 1 amide bonds. The lowest BCUT2D eigenvalue weighted by molar-refractivity contribution is -0.120. The first-order valence-corrected chi connectivity index (χ1v) is 10.4. The summed E-state index contributed by atoms with van der Waals surface area (Å²) in [5.41, 5.74) is 3.78. The highest BCUT2D eigenvalue weighted by Gasteiger charge is 2.20. The van der Waals surface area contributed by atoms with Gasteiger partial charge in [-0.1, -0.05) is 48.5 Å². The number of rotatable bonds is 6. The fraction of sp³-hybridized carbons (Fsp3) is 0.200. The molecule has 0 N–H and O–H groups in total. The summed E-state index contributed by atoms with van der Waals surface area (Å²) in [5.74, 6) is 1.49. The number of nitrogens with zero attached hydrogens (tertiary/aromatic N) is 3. The summed E-state index contributed by atoms with van der Waals surface area (Å²) in [6, 6.07) is 25.3. The topological polar surface area (TPSA) is 56.6 Å². The zero-order chi connectivity index (χ0) is 21.0. The van der Waals surface area contributed by atoms with Crippen molar-refractivity contribution in [2.24, 2.45) is 0 Å². The molecule has 3 aromatic carbocycles. The van der Waals surface area contributed by atoms with Crippen LogP contribution in [-0.4, -0.2) is 28.7 Å². The van der Waals surface area contributed by atoms with Gasteiger partial charge in [-0.05, 0) is 35.9 Å². The van der Waals surface area contributed by atoms with Crippen LogP contribution in [0.3, 0.4) is 0 Å². The van der Waals surface area contributed by atoms with Gasteiger partial charge in [-0.15, -0.1) is 0 Å². The van der Waals surface area contributed by atoms with Gasteiger partial charge in [0.2, 0.25) is 0 Å². The molecule has 1 aliphatic heterocycles. The maximum absolute atomic E-state index is 13.2. The summed E-state index contributed by atoms with van der Waals surface area (Å²) in [4.78, 5) is 19.7. The summed E-state index contributed by atoms with van der Waals surface area (Å²) in [6.45, 7) is 2.42. The van der Waals surface area contributed by atoms with Gasteiger partial charge in [-0.2, -0.15) is 0 Å². The molecule has 0 atom stereocenters. The van der Waals surface area contributed by atoms with Crippen LogP contribution >= 0.6 is 0 Å². The van der Waals surface area contributed by atoms with E-state index in [1.165, 1.54) is 0 Å². The molecule has 0 saturated heterocycles. The van der Waals surface area contributed by atoms with Crippen molar-refractivity contribution >= 4 is 22.6 Å². The predicted molar refractivity (Wildman–Crippen MR) is 119 cm³/mol. The van der Waals surface area contributed by atoms with Crippen molar-refractivity contribution in [3.63, 3.8) is 0 Å². The molecule has 6 heteroatoms. The molecule has 0 bridgehead atoms. The zero-order valence-electron chi connectivity index (χ0n) is 17.1. The number of anilines is 1. The van der Waals surface area contributed by atoms with Gasteiger partial charge in [-0.3, -0.25) is 4.79 Å². The zero-order valence-corrected chi connectivity index (χ0v) is 17.1. The molecule has 1 aliphatic rings. The van der Waals surface area contributed by atoms with Gasteiger partial charge in [0, 0.05) is 12.2 Å². The molecule has 0 radical (unpaired) electrons. The largest absolute Gasteiger partial charge is 0.484 e. The minimum absolute atomic E-state index is 0.0393. The lowest BCUT2D eigenvalue weighted by atomic mass is 10.2. The number of hydrogen-bond donors (Lipinski definition) is 0. The van der Waals surface area contributed by atoms with Crippen LogP contribution in [0, 0.1) is 0 Å². The molecule has 6 nitrogen and oxygen atoms in total. The number of carbonyl (C=O) groups is 1. The molecule has 0 aliphatic carbocycles. The summed E-state index contributed by atoms with van der Waals surface area (Å²) >= 11 is 0. The summed E-state index contributed by atoms with van der Waals surface area (Å²) in [7, 11) is 0. The number of imidazole rings is 1. The van der Waals surface area contributed by atoms with E-state index in [2.05, 4.69) is 4.57 Å². The minimum atomic E-state index is -0.112. The second-order valence-corrected chi connectivity index (χ2v) is 7.47. The normalized spacial score (nSPS) is 13.0. The first kappa shape index (κ1) is 19.3. The Morgan fingerprint density at radius 3 is 2.61 bits per heavy atom. The monoisotopic (exact) mass is 413 g/mol. The Morgan fingerprint density at radius 1 is 1.03 bits per heavy atom. The van der Waals surface area contributed by atoms with Crippen molar-refractivity contribution in [1.82, 2.24) is 9.55 Å². The molecule has 4 aromatic rings. The van der Waals surface area contributed by atoms with Crippen LogP contribution in [0.2, 0.25) is 0 Å². The number of amides is 1. The van der Waals surface area contributed by atoms with Gasteiger partial charge >= 0.3 is 0 Å². The van der Waals surface area contributed by atoms with E-state index < -0.39 is 0 Å². The van der Waals surface area contributed by atoms with Gasteiger partial charge < -0.3 is 18.9 Å². The van der Waals surface area contributed by atoms with E-state index in [0.29, 0.717) is 25.5 Å². The van der Waals surface area contributed by atoms with Crippen molar-refractivity contribution in [1.29, 1.82) is 0 Å². The molecule has 0 saturated carbocycles. The predicted octanol–water partition coefficient (Wildman–Crippen LogP) is 4.18. The van der Waals surface area contributed by atoms with Crippen LogP contribution in [0.15, 0.2) is 78.9 Å². The van der Waals surface area contributed by atoms with Gasteiger partial charge in [0.1, 0.15) is 18.2 Å². The lowest BCUT2D eigenvalue weighted by Crippen LogP contribution is -2.34. The Kier molecular flexibility index (Phi) is 5.37. The van der Waals surface area contributed by atoms with Gasteiger partial charge in [0.05, 0.1) is 24.2 Å². The number of aromatic nitrogens is 2. The quantitative estimate of drug-likeness (QED) is 0.476. The molecule has 0 unspecified atom stereocenters. The maximum atomic E-state index is 13.2. The highest BCUT2D eigenvalue weighted by molar-refractivity contribution is 5.96. The first-order chi connectivity index (χ1) is 15.3. The van der Waals surface area contributed by atoms with E-state index in [1.807, 2.05) is 78.9 Å². The number of carbonyl (C=O) groups excluding carboxylic acids is 1.